The summed E-state index contributed by atoms with van der Waals surface area (Å²) in [6.07, 6.45) is 6.72. The highest BCUT2D eigenvalue weighted by atomic mass is 127. The van der Waals surface area contributed by atoms with Crippen molar-refractivity contribution in [2.24, 2.45) is 23.2 Å². The molecule has 1 aromatic carbocycles. The minimum absolute atomic E-state index is 0.0518. The number of nitrogens with one attached hydrogen (secondary N) is 1. The first-order chi connectivity index (χ1) is 18.7. The van der Waals surface area contributed by atoms with Crippen molar-refractivity contribution in [3.63, 3.8) is 0 Å². The molecule has 5 aliphatic carbocycles. The molecule has 39 heavy (non-hydrogen) atoms. The highest BCUT2D eigenvalue weighted by Crippen LogP contribution is 2.60. The first-order valence-corrected chi connectivity index (χ1v) is 15.3. The van der Waals surface area contributed by atoms with Crippen molar-refractivity contribution in [2.75, 3.05) is 19.7 Å². The van der Waals surface area contributed by atoms with Gasteiger partial charge in [-0.05, 0) is 102 Å². The zero-order valence-corrected chi connectivity index (χ0v) is 24.6. The van der Waals surface area contributed by atoms with Gasteiger partial charge in [-0.1, -0.05) is 19.1 Å². The molecule has 0 radical (unpaired) electrons. The van der Waals surface area contributed by atoms with Crippen molar-refractivity contribution in [3.05, 3.63) is 39.5 Å². The van der Waals surface area contributed by atoms with Crippen molar-refractivity contribution in [3.8, 4) is 5.75 Å². The molecule has 8 nitrogen and oxygen atoms in total. The highest BCUT2D eigenvalue weighted by molar-refractivity contribution is 14.1. The minimum atomic E-state index is -1.13. The number of rotatable bonds is 10. The van der Waals surface area contributed by atoms with Gasteiger partial charge in [0, 0.05) is 31.5 Å². The first-order valence-electron chi connectivity index (χ1n) is 14.2. The fraction of sp³-hybridized carbons (Fsp3) is 0.633. The predicted octanol–water partition coefficient (Wildman–Crippen LogP) is 3.23. The Morgan fingerprint density at radius 3 is 2.33 bits per heavy atom. The van der Waals surface area contributed by atoms with Gasteiger partial charge in [-0.3, -0.25) is 14.4 Å². The van der Waals surface area contributed by atoms with Gasteiger partial charge in [0.05, 0.1) is 16.2 Å². The lowest BCUT2D eigenvalue weighted by atomic mass is 9.49. The quantitative estimate of drug-likeness (QED) is 0.265. The van der Waals surface area contributed by atoms with E-state index >= 15 is 0 Å². The molecule has 3 N–H and O–H groups in total. The number of carbonyl (C=O) groups excluding carboxylic acids is 3. The second-order valence-electron chi connectivity index (χ2n) is 12.1. The molecule has 212 valence electrons. The third-order valence-corrected chi connectivity index (χ3v) is 10.1. The van der Waals surface area contributed by atoms with Crippen molar-refractivity contribution in [1.82, 2.24) is 10.2 Å². The number of nitrogens with zero attached hydrogens (tertiary/aromatic N) is 1. The summed E-state index contributed by atoms with van der Waals surface area (Å²) in [5.41, 5.74) is 0.325. The van der Waals surface area contributed by atoms with Gasteiger partial charge in [0.15, 0.2) is 0 Å². The van der Waals surface area contributed by atoms with Crippen LogP contribution < -0.4 is 10.1 Å². The third-order valence-electron chi connectivity index (χ3n) is 9.21. The number of ketones is 1. The van der Waals surface area contributed by atoms with Crippen molar-refractivity contribution >= 4 is 40.2 Å². The standard InChI is InChI=1S/C30H39IN2O6/c1-2-24(35)29(38)33(17-30-14-18-9-19(15-30)11-20(10-18)16-30)23-12-21(28(37)32-7-8-34)13-26(27(23)36)39-25-6-4-3-5-22(25)31/h3-6,13,18-20,23,26-27,34,36H,2,7-12,14-17H2,1H3,(H,32,37). The van der Waals surface area contributed by atoms with Gasteiger partial charge in [-0.25, -0.2) is 0 Å². The van der Waals surface area contributed by atoms with E-state index in [1.807, 2.05) is 18.2 Å². The van der Waals surface area contributed by atoms with Crippen molar-refractivity contribution < 1.29 is 29.3 Å². The van der Waals surface area contributed by atoms with Crippen LogP contribution in [0.4, 0.5) is 0 Å². The number of hydrogen-bond donors (Lipinski definition) is 3. The first kappa shape index (κ1) is 28.5. The van der Waals surface area contributed by atoms with E-state index in [0.29, 0.717) is 35.6 Å². The molecule has 4 saturated carbocycles. The molecule has 3 atom stereocenters. The second kappa shape index (κ2) is 11.9. The summed E-state index contributed by atoms with van der Waals surface area (Å²) in [4.78, 5) is 41.2. The van der Waals surface area contributed by atoms with E-state index in [-0.39, 0.29) is 37.3 Å². The molecule has 0 spiro atoms. The average Bonchev–Trinajstić information content (AvgIpc) is 2.91. The summed E-state index contributed by atoms with van der Waals surface area (Å²) >= 11 is 2.16. The van der Waals surface area contributed by atoms with Crippen molar-refractivity contribution in [2.45, 2.75) is 76.5 Å². The maximum absolute atomic E-state index is 13.7. The van der Waals surface area contributed by atoms with Crippen LogP contribution >= 0.6 is 22.6 Å². The van der Waals surface area contributed by atoms with Crippen molar-refractivity contribution in [1.29, 1.82) is 0 Å². The molecule has 4 bridgehead atoms. The summed E-state index contributed by atoms with van der Waals surface area (Å²) in [5, 5.41) is 23.6. The molecule has 6 rings (SSSR count). The van der Waals surface area contributed by atoms with Gasteiger partial charge in [-0.2, -0.15) is 0 Å². The molecule has 1 aromatic rings. The number of aliphatic hydroxyl groups excluding tert-OH is 2. The molecular weight excluding hydrogens is 611 g/mol. The number of aliphatic hydroxyl groups is 2. The number of benzene rings is 1. The number of para-hydroxylation sites is 1. The minimum Gasteiger partial charge on any atom is -0.482 e. The molecule has 0 saturated heterocycles. The zero-order valence-electron chi connectivity index (χ0n) is 22.5. The van der Waals surface area contributed by atoms with E-state index in [9.17, 15) is 24.6 Å². The Hall–Kier alpha value is -1.98. The molecule has 0 heterocycles. The number of carbonyl (C=O) groups is 3. The summed E-state index contributed by atoms with van der Waals surface area (Å²) in [7, 11) is 0. The van der Waals surface area contributed by atoms with Crippen LogP contribution in [-0.2, 0) is 14.4 Å². The number of amides is 2. The number of hydrogen-bond acceptors (Lipinski definition) is 6. The fourth-order valence-electron chi connectivity index (χ4n) is 7.96. The van der Waals surface area contributed by atoms with Crippen LogP contribution in [0.2, 0.25) is 0 Å². The lowest BCUT2D eigenvalue weighted by molar-refractivity contribution is -0.154. The lowest BCUT2D eigenvalue weighted by Gasteiger charge is -2.58. The number of Topliss-reactive ketones (excluding diaryl/α,β-unsaturated/α-hetero) is 1. The Bertz CT molecular complexity index is 1100. The fourth-order valence-corrected chi connectivity index (χ4v) is 8.48. The smallest absolute Gasteiger partial charge is 0.290 e. The summed E-state index contributed by atoms with van der Waals surface area (Å²) in [6.45, 7) is 1.99. The van der Waals surface area contributed by atoms with Gasteiger partial charge < -0.3 is 25.2 Å². The Labute approximate surface area is 243 Å². The van der Waals surface area contributed by atoms with E-state index in [0.717, 1.165) is 22.8 Å². The molecular formula is C30H39IN2O6. The number of ether oxygens (including phenoxy) is 1. The summed E-state index contributed by atoms with van der Waals surface area (Å²) in [6, 6.07) is 6.64. The Morgan fingerprint density at radius 2 is 1.74 bits per heavy atom. The maximum atomic E-state index is 13.7. The Balaban J connectivity index is 1.48. The maximum Gasteiger partial charge on any atom is 0.290 e. The van der Waals surface area contributed by atoms with Crippen LogP contribution in [0, 0.1) is 26.7 Å². The Morgan fingerprint density at radius 1 is 1.10 bits per heavy atom. The van der Waals surface area contributed by atoms with Crippen LogP contribution in [0.5, 0.6) is 5.75 Å². The SMILES string of the molecule is CCC(=O)C(=O)N(CC12CC3CC(CC(C3)C1)C2)C1CC(C(=O)NCCO)=CC(Oc2ccccc2I)C1O. The molecule has 4 fully saturated rings. The second-order valence-corrected chi connectivity index (χ2v) is 13.2. The highest BCUT2D eigenvalue weighted by Gasteiger charge is 2.53. The van der Waals surface area contributed by atoms with Crippen LogP contribution in [0.3, 0.4) is 0 Å². The van der Waals surface area contributed by atoms with E-state index in [2.05, 4.69) is 27.9 Å². The zero-order chi connectivity index (χ0) is 27.7. The van der Waals surface area contributed by atoms with Crippen LogP contribution in [-0.4, -0.2) is 70.7 Å². The topological polar surface area (TPSA) is 116 Å². The summed E-state index contributed by atoms with van der Waals surface area (Å²) < 4.78 is 7.09. The lowest BCUT2D eigenvalue weighted by Crippen LogP contribution is -2.60. The van der Waals surface area contributed by atoms with Gasteiger partial charge in [0.1, 0.15) is 18.0 Å². The monoisotopic (exact) mass is 650 g/mol. The van der Waals surface area contributed by atoms with Gasteiger partial charge in [-0.15, -0.1) is 0 Å². The average molecular weight is 651 g/mol. The predicted molar refractivity (Wildman–Crippen MR) is 154 cm³/mol. The van der Waals surface area contributed by atoms with Gasteiger partial charge in [0.25, 0.3) is 5.91 Å². The van der Waals surface area contributed by atoms with E-state index in [1.165, 1.54) is 19.3 Å². The van der Waals surface area contributed by atoms with E-state index in [1.54, 1.807) is 24.0 Å². The molecule has 0 aliphatic heterocycles. The van der Waals surface area contributed by atoms with E-state index in [4.69, 9.17) is 4.74 Å². The van der Waals surface area contributed by atoms with Gasteiger partial charge in [0.2, 0.25) is 11.7 Å². The van der Waals surface area contributed by atoms with Gasteiger partial charge >= 0.3 is 0 Å². The normalized spacial score (nSPS) is 32.9. The Kier molecular flexibility index (Phi) is 8.68. The van der Waals surface area contributed by atoms with Crippen LogP contribution in [0.25, 0.3) is 0 Å². The molecule has 2 amide bonds. The molecule has 5 aliphatic rings. The number of halogens is 1. The molecule has 9 heteroatoms. The van der Waals surface area contributed by atoms with E-state index < -0.39 is 29.9 Å². The third kappa shape index (κ3) is 6.05. The molecule has 3 unspecified atom stereocenters. The van der Waals surface area contributed by atoms with Crippen LogP contribution in [0.1, 0.15) is 58.3 Å². The van der Waals surface area contributed by atoms with Crippen LogP contribution in [0.15, 0.2) is 35.9 Å². The summed E-state index contributed by atoms with van der Waals surface area (Å²) in [5.74, 6) is 1.14. The molecule has 0 aromatic heterocycles. The largest absolute Gasteiger partial charge is 0.482 e.